The maximum absolute atomic E-state index is 11.3. The molecule has 0 radical (unpaired) electrons. The van der Waals surface area contributed by atoms with Crippen LogP contribution in [0.25, 0.3) is 0 Å². The number of nitroso groups, excluding NO2 is 1. The first-order valence-electron chi connectivity index (χ1n) is 11.6. The average Bonchev–Trinajstić information content (AvgIpc) is 2.76. The van der Waals surface area contributed by atoms with Crippen LogP contribution in [0.2, 0.25) is 0 Å². The van der Waals surface area contributed by atoms with E-state index in [0.717, 1.165) is 41.9 Å². The molecule has 4 aliphatic carbocycles. The summed E-state index contributed by atoms with van der Waals surface area (Å²) in [5.41, 5.74) is 4.99. The largest absolute Gasteiger partial charge is 0.377 e. The summed E-state index contributed by atoms with van der Waals surface area (Å²) in [4.78, 5) is 22.4. The monoisotopic (exact) mass is 494 g/mol. The van der Waals surface area contributed by atoms with E-state index in [1.807, 2.05) is 24.3 Å². The second kappa shape index (κ2) is 10.3. The van der Waals surface area contributed by atoms with Crippen LogP contribution in [0.4, 0.5) is 0 Å². The lowest BCUT2D eigenvalue weighted by Gasteiger charge is -2.57. The van der Waals surface area contributed by atoms with E-state index in [1.165, 1.54) is 40.9 Å². The third-order valence-electron chi connectivity index (χ3n) is 7.37. The van der Waals surface area contributed by atoms with E-state index < -0.39 is 23.9 Å². The Morgan fingerprint density at radius 1 is 1.24 bits per heavy atom. The Morgan fingerprint density at radius 3 is 2.45 bits per heavy atom. The Morgan fingerprint density at radius 2 is 1.85 bits per heavy atom. The Hall–Kier alpha value is -1.01. The molecule has 0 saturated heterocycles. The van der Waals surface area contributed by atoms with Gasteiger partial charge < -0.3 is 15.9 Å². The van der Waals surface area contributed by atoms with Crippen molar-refractivity contribution in [2.45, 2.75) is 73.9 Å². The lowest BCUT2D eigenvalue weighted by atomic mass is 9.53. The Labute approximate surface area is 202 Å². The fourth-order valence-electron chi connectivity index (χ4n) is 6.33. The van der Waals surface area contributed by atoms with Gasteiger partial charge in [-0.25, -0.2) is 0 Å². The minimum atomic E-state index is -1.36. The molecule has 4 saturated carbocycles. The molecule has 5 rings (SSSR count). The zero-order chi connectivity index (χ0) is 23.6. The van der Waals surface area contributed by atoms with E-state index in [4.69, 9.17) is 5.73 Å². The van der Waals surface area contributed by atoms with E-state index in [0.29, 0.717) is 5.56 Å². The van der Waals surface area contributed by atoms with Gasteiger partial charge in [-0.1, -0.05) is 39.8 Å². The van der Waals surface area contributed by atoms with E-state index in [1.54, 1.807) is 6.92 Å². The quantitative estimate of drug-likeness (QED) is 0.179. The summed E-state index contributed by atoms with van der Waals surface area (Å²) in [6.45, 7) is 1.88. The van der Waals surface area contributed by atoms with E-state index in [9.17, 15) is 19.9 Å². The lowest BCUT2D eigenvalue weighted by molar-refractivity contribution is -0.118. The van der Waals surface area contributed by atoms with Crippen molar-refractivity contribution in [2.24, 2.45) is 28.7 Å². The molecule has 4 bridgehead atoms. The molecule has 0 aliphatic heterocycles. The molecule has 8 nitrogen and oxygen atoms in total. The third kappa shape index (κ3) is 5.98. The maximum Gasteiger partial charge on any atom is 0.303 e. The highest BCUT2D eigenvalue weighted by atomic mass is 33.1. The second-order valence-corrected chi connectivity index (χ2v) is 12.6. The molecular weight excluding hydrogens is 460 g/mol. The zero-order valence-corrected chi connectivity index (χ0v) is 20.5. The van der Waals surface area contributed by atoms with Crippen molar-refractivity contribution in [1.82, 2.24) is 10.6 Å². The van der Waals surface area contributed by atoms with Gasteiger partial charge in [0.1, 0.15) is 12.0 Å². The lowest BCUT2D eigenvalue weighted by Crippen LogP contribution is -2.62. The molecule has 3 atom stereocenters. The number of hydrogen-bond acceptors (Lipinski definition) is 9. The average molecular weight is 495 g/mol. The molecule has 1 amide bonds. The molecule has 10 heteroatoms. The number of amides is 1. The summed E-state index contributed by atoms with van der Waals surface area (Å²) in [7, 11) is 2.69. The van der Waals surface area contributed by atoms with Gasteiger partial charge in [0.05, 0.1) is 6.04 Å². The maximum atomic E-state index is 11.3. The van der Waals surface area contributed by atoms with Crippen LogP contribution in [0.15, 0.2) is 34.3 Å². The number of nitrogens with two attached hydrogens (primary N) is 1. The Kier molecular flexibility index (Phi) is 7.84. The van der Waals surface area contributed by atoms with Crippen LogP contribution >= 0.6 is 21.6 Å². The molecule has 0 heterocycles. The second-order valence-electron chi connectivity index (χ2n) is 10.2. The van der Waals surface area contributed by atoms with Crippen molar-refractivity contribution >= 4 is 27.5 Å². The molecule has 1 aromatic rings. The minimum Gasteiger partial charge on any atom is -0.377 e. The fraction of sp³-hybridized carbons (Fsp3) is 0.696. The van der Waals surface area contributed by atoms with Crippen molar-refractivity contribution < 1.29 is 15.0 Å². The van der Waals surface area contributed by atoms with Crippen molar-refractivity contribution in [3.05, 3.63) is 34.7 Å². The van der Waals surface area contributed by atoms with Crippen LogP contribution in [0, 0.1) is 22.7 Å². The first-order valence-corrected chi connectivity index (χ1v) is 14.0. The highest BCUT2D eigenvalue weighted by Crippen LogP contribution is 2.55. The van der Waals surface area contributed by atoms with Gasteiger partial charge in [-0.2, -0.15) is 0 Å². The smallest absolute Gasteiger partial charge is 0.303 e. The highest BCUT2D eigenvalue weighted by Gasteiger charge is 2.51. The van der Waals surface area contributed by atoms with Crippen molar-refractivity contribution in [3.63, 3.8) is 0 Å². The molecule has 0 spiro atoms. The molecule has 182 valence electrons. The number of aliphatic hydroxyl groups excluding tert-OH is 1. The fourth-order valence-corrected chi connectivity index (χ4v) is 8.77. The Bertz CT molecular complexity index is 833. The van der Waals surface area contributed by atoms with Crippen LogP contribution in [0.3, 0.4) is 0 Å². The molecule has 1 aromatic carbocycles. The van der Waals surface area contributed by atoms with Crippen LogP contribution in [0.5, 0.6) is 0 Å². The standard InChI is InChI=1S/C23H34N4O4S2/c1-22(30,17-4-2-3-5-19(17)33-32-13-18(24)21(29)27-31)25-12-20(28)26-23-9-14-6-15(10-23)8-16(7-14)11-23/h2-5,14-16,18,20,25-26,28,30H,6-13,24H2,1H3/t14?,15?,16?,18-,20?,22?,23?/m0/s1. The number of nitrogens with zero attached hydrogens (tertiary/aromatic N) is 1. The predicted octanol–water partition coefficient (Wildman–Crippen LogP) is 2.68. The van der Waals surface area contributed by atoms with Gasteiger partial charge in [0.2, 0.25) is 0 Å². The summed E-state index contributed by atoms with van der Waals surface area (Å²) in [6.07, 6.45) is 6.74. The summed E-state index contributed by atoms with van der Waals surface area (Å²) in [5, 5.41) is 31.0. The van der Waals surface area contributed by atoms with Crippen molar-refractivity contribution in [1.29, 1.82) is 0 Å². The first kappa shape index (κ1) is 25.1. The number of benzene rings is 1. The van der Waals surface area contributed by atoms with Gasteiger partial charge in [0.25, 0.3) is 0 Å². The minimum absolute atomic E-state index is 0.0404. The van der Waals surface area contributed by atoms with Gasteiger partial charge in [0.15, 0.2) is 0 Å². The molecular formula is C23H34N4O4S2. The topological polar surface area (TPSA) is 137 Å². The van der Waals surface area contributed by atoms with Crippen LogP contribution < -0.4 is 16.4 Å². The van der Waals surface area contributed by atoms with Gasteiger partial charge in [-0.15, -0.1) is 4.91 Å². The molecule has 4 aliphatic rings. The van der Waals surface area contributed by atoms with Crippen LogP contribution in [-0.2, 0) is 10.5 Å². The Balaban J connectivity index is 1.32. The number of aliphatic hydroxyl groups is 2. The van der Waals surface area contributed by atoms with E-state index in [2.05, 4.69) is 15.8 Å². The molecule has 4 fully saturated rings. The van der Waals surface area contributed by atoms with E-state index >= 15 is 0 Å². The number of hydrogen-bond donors (Lipinski definition) is 5. The molecule has 33 heavy (non-hydrogen) atoms. The zero-order valence-electron chi connectivity index (χ0n) is 18.9. The third-order valence-corrected chi connectivity index (χ3v) is 9.81. The van der Waals surface area contributed by atoms with Gasteiger partial charge in [-0.05, 0) is 69.3 Å². The summed E-state index contributed by atoms with van der Waals surface area (Å²) in [6, 6.07) is 6.46. The SMILES string of the molecule is CC(O)(NCC(O)NC12CC3CC(CC(C3)C1)C2)c1ccccc1SSC[C@H](N)C(=O)N=O. The summed E-state index contributed by atoms with van der Waals surface area (Å²) < 4.78 is 0. The molecule has 0 aromatic heterocycles. The van der Waals surface area contributed by atoms with Gasteiger partial charge in [-0.3, -0.25) is 15.4 Å². The summed E-state index contributed by atoms with van der Waals surface area (Å²) >= 11 is 0. The number of rotatable bonds is 11. The number of nitrogens with one attached hydrogen (secondary N) is 2. The van der Waals surface area contributed by atoms with Crippen molar-refractivity contribution in [3.8, 4) is 0 Å². The van der Waals surface area contributed by atoms with E-state index in [-0.39, 0.29) is 17.8 Å². The normalized spacial score (nSPS) is 31.7. The first-order chi connectivity index (χ1) is 15.7. The molecule has 2 unspecified atom stereocenters. The van der Waals surface area contributed by atoms with Gasteiger partial charge in [0, 0.05) is 33.5 Å². The van der Waals surface area contributed by atoms with Crippen LogP contribution in [-0.4, -0.2) is 46.2 Å². The number of carbonyl (C=O) groups is 1. The highest BCUT2D eigenvalue weighted by molar-refractivity contribution is 8.76. The van der Waals surface area contributed by atoms with Crippen LogP contribution in [0.1, 0.15) is 51.0 Å². The number of carbonyl (C=O) groups excluding carboxylic acids is 1. The predicted molar refractivity (Wildman–Crippen MR) is 131 cm³/mol. The van der Waals surface area contributed by atoms with Crippen molar-refractivity contribution in [2.75, 3.05) is 12.3 Å². The molecule has 6 N–H and O–H groups in total. The summed E-state index contributed by atoms with van der Waals surface area (Å²) in [5.74, 6) is 1.73. The van der Waals surface area contributed by atoms with Gasteiger partial charge >= 0.3 is 5.91 Å².